The zero-order chi connectivity index (χ0) is 15.4. The summed E-state index contributed by atoms with van der Waals surface area (Å²) in [5, 5.41) is 19.1. The predicted molar refractivity (Wildman–Crippen MR) is 85.3 cm³/mol. The fourth-order valence-electron chi connectivity index (χ4n) is 1.87. The monoisotopic (exact) mass is 365 g/mol. The zero-order valence-electron chi connectivity index (χ0n) is 11.3. The van der Waals surface area contributed by atoms with Gasteiger partial charge in [-0.05, 0) is 37.3 Å². The van der Waals surface area contributed by atoms with Crippen molar-refractivity contribution >= 4 is 27.5 Å². The number of rotatable bonds is 4. The summed E-state index contributed by atoms with van der Waals surface area (Å²) in [6.07, 6.45) is -0.631. The van der Waals surface area contributed by atoms with E-state index in [1.165, 1.54) is 0 Å². The number of hydrogen-bond acceptors (Lipinski definition) is 3. The molecule has 108 valence electrons. The molecule has 0 amide bonds. The summed E-state index contributed by atoms with van der Waals surface area (Å²) < 4.78 is 6.62. The fraction of sp³-hybridized carbons (Fsp3) is 0.188. The van der Waals surface area contributed by atoms with Gasteiger partial charge in [-0.15, -0.1) is 0 Å². The maximum Gasteiger partial charge on any atom is 0.125 e. The first-order valence-corrected chi connectivity index (χ1v) is 7.47. The Morgan fingerprint density at radius 3 is 2.71 bits per heavy atom. The Morgan fingerprint density at radius 1 is 1.33 bits per heavy atom. The van der Waals surface area contributed by atoms with Crippen molar-refractivity contribution in [3.05, 3.63) is 62.6 Å². The molecular formula is C16H13BrClNO2. The molecule has 1 N–H and O–H groups in total. The number of ether oxygens (including phenoxy) is 1. The molecule has 0 spiro atoms. The van der Waals surface area contributed by atoms with Crippen molar-refractivity contribution < 1.29 is 9.84 Å². The summed E-state index contributed by atoms with van der Waals surface area (Å²) in [5.74, 6) is 0.605. The first-order chi connectivity index (χ1) is 10.0. The lowest BCUT2D eigenvalue weighted by atomic mass is 10.1. The van der Waals surface area contributed by atoms with Gasteiger partial charge in [-0.1, -0.05) is 33.6 Å². The lowest BCUT2D eigenvalue weighted by Gasteiger charge is -2.14. The Bertz CT molecular complexity index is 695. The van der Waals surface area contributed by atoms with E-state index in [1.807, 2.05) is 18.2 Å². The molecule has 5 heteroatoms. The second-order valence-corrected chi connectivity index (χ2v) is 5.89. The smallest absolute Gasteiger partial charge is 0.125 e. The van der Waals surface area contributed by atoms with Crippen LogP contribution in [0, 0.1) is 11.3 Å². The molecule has 0 radical (unpaired) electrons. The number of nitriles is 1. The fourth-order valence-corrected chi connectivity index (χ4v) is 2.48. The van der Waals surface area contributed by atoms with Crippen LogP contribution in [0.4, 0.5) is 0 Å². The largest absolute Gasteiger partial charge is 0.488 e. The first-order valence-electron chi connectivity index (χ1n) is 6.30. The first kappa shape index (κ1) is 15.8. The van der Waals surface area contributed by atoms with Crippen LogP contribution < -0.4 is 4.74 Å². The Kier molecular flexibility index (Phi) is 5.24. The van der Waals surface area contributed by atoms with E-state index in [4.69, 9.17) is 21.6 Å². The van der Waals surface area contributed by atoms with Crippen molar-refractivity contribution in [2.45, 2.75) is 19.6 Å². The Balaban J connectivity index is 2.19. The third-order valence-electron chi connectivity index (χ3n) is 2.99. The molecule has 1 atom stereocenters. The van der Waals surface area contributed by atoms with Gasteiger partial charge in [0.1, 0.15) is 12.4 Å². The maximum atomic E-state index is 9.79. The minimum Gasteiger partial charge on any atom is -0.488 e. The summed E-state index contributed by atoms with van der Waals surface area (Å²) in [6, 6.07) is 12.6. The van der Waals surface area contributed by atoms with Crippen LogP contribution in [0.1, 0.15) is 29.7 Å². The summed E-state index contributed by atoms with van der Waals surface area (Å²) in [6.45, 7) is 1.95. The molecule has 1 unspecified atom stereocenters. The van der Waals surface area contributed by atoms with Gasteiger partial charge in [-0.25, -0.2) is 0 Å². The standard InChI is InChI=1S/C16H13BrClNO2/c1-10(20)14-7-13(17)4-5-16(14)21-9-12-3-2-11(8-19)6-15(12)18/h2-7,10,20H,9H2,1H3. The van der Waals surface area contributed by atoms with E-state index in [1.54, 1.807) is 31.2 Å². The van der Waals surface area contributed by atoms with E-state index in [0.29, 0.717) is 21.9 Å². The number of hydrogen-bond donors (Lipinski definition) is 1. The second-order valence-electron chi connectivity index (χ2n) is 4.56. The molecule has 21 heavy (non-hydrogen) atoms. The third kappa shape index (κ3) is 3.98. The molecule has 3 nitrogen and oxygen atoms in total. The van der Waals surface area contributed by atoms with Gasteiger partial charge in [0.25, 0.3) is 0 Å². The third-order valence-corrected chi connectivity index (χ3v) is 3.83. The molecule has 0 aliphatic heterocycles. The van der Waals surface area contributed by atoms with Crippen LogP contribution in [0.5, 0.6) is 5.75 Å². The number of aliphatic hydroxyl groups is 1. The van der Waals surface area contributed by atoms with E-state index in [0.717, 1.165) is 10.0 Å². The SMILES string of the molecule is CC(O)c1cc(Br)ccc1OCc1ccc(C#N)cc1Cl. The van der Waals surface area contributed by atoms with Gasteiger partial charge < -0.3 is 9.84 Å². The van der Waals surface area contributed by atoms with Gasteiger partial charge in [0.2, 0.25) is 0 Å². The molecule has 0 heterocycles. The minimum absolute atomic E-state index is 0.270. The highest BCUT2D eigenvalue weighted by molar-refractivity contribution is 9.10. The van der Waals surface area contributed by atoms with E-state index in [9.17, 15) is 5.11 Å². The van der Waals surface area contributed by atoms with Gasteiger partial charge in [0, 0.05) is 20.6 Å². The zero-order valence-corrected chi connectivity index (χ0v) is 13.6. The Labute approximate surface area is 136 Å². The quantitative estimate of drug-likeness (QED) is 0.860. The van der Waals surface area contributed by atoms with E-state index < -0.39 is 6.10 Å². The second kappa shape index (κ2) is 6.95. The van der Waals surface area contributed by atoms with Crippen LogP contribution in [-0.2, 0) is 6.61 Å². The normalized spacial score (nSPS) is 11.8. The van der Waals surface area contributed by atoms with Gasteiger partial charge in [-0.3, -0.25) is 0 Å². The van der Waals surface area contributed by atoms with Crippen molar-refractivity contribution in [1.29, 1.82) is 5.26 Å². The van der Waals surface area contributed by atoms with Crippen molar-refractivity contribution in [3.8, 4) is 11.8 Å². The van der Waals surface area contributed by atoms with Crippen LogP contribution in [0.2, 0.25) is 5.02 Å². The van der Waals surface area contributed by atoms with Crippen LogP contribution in [-0.4, -0.2) is 5.11 Å². The predicted octanol–water partition coefficient (Wildman–Crippen LogP) is 4.61. The average Bonchev–Trinajstić information content (AvgIpc) is 2.46. The number of benzene rings is 2. The van der Waals surface area contributed by atoms with Crippen LogP contribution in [0.15, 0.2) is 40.9 Å². The van der Waals surface area contributed by atoms with Crippen molar-refractivity contribution in [2.75, 3.05) is 0 Å². The molecule has 0 aliphatic carbocycles. The molecule has 2 rings (SSSR count). The highest BCUT2D eigenvalue weighted by Crippen LogP contribution is 2.29. The van der Waals surface area contributed by atoms with Crippen LogP contribution in [0.3, 0.4) is 0 Å². The summed E-state index contributed by atoms with van der Waals surface area (Å²) in [5.41, 5.74) is 2.00. The molecule has 0 saturated carbocycles. The highest BCUT2D eigenvalue weighted by atomic mass is 79.9. The topological polar surface area (TPSA) is 53.2 Å². The van der Waals surface area contributed by atoms with Crippen LogP contribution in [0.25, 0.3) is 0 Å². The number of nitrogens with zero attached hydrogens (tertiary/aromatic N) is 1. The van der Waals surface area contributed by atoms with Gasteiger partial charge in [0.15, 0.2) is 0 Å². The number of halogens is 2. The molecule has 2 aromatic carbocycles. The van der Waals surface area contributed by atoms with Crippen molar-refractivity contribution in [2.24, 2.45) is 0 Å². The molecule has 0 aliphatic rings. The lowest BCUT2D eigenvalue weighted by Crippen LogP contribution is -2.01. The van der Waals surface area contributed by atoms with Crippen molar-refractivity contribution in [3.63, 3.8) is 0 Å². The van der Waals surface area contributed by atoms with Gasteiger partial charge in [0.05, 0.1) is 17.7 Å². The van der Waals surface area contributed by atoms with E-state index >= 15 is 0 Å². The molecular weight excluding hydrogens is 354 g/mol. The molecule has 2 aromatic rings. The molecule has 0 fully saturated rings. The minimum atomic E-state index is -0.631. The number of aliphatic hydroxyl groups excluding tert-OH is 1. The summed E-state index contributed by atoms with van der Waals surface area (Å²) in [7, 11) is 0. The Hall–Kier alpha value is -1.54. The highest BCUT2D eigenvalue weighted by Gasteiger charge is 2.11. The van der Waals surface area contributed by atoms with E-state index in [2.05, 4.69) is 15.9 Å². The summed E-state index contributed by atoms with van der Waals surface area (Å²) in [4.78, 5) is 0. The average molecular weight is 367 g/mol. The van der Waals surface area contributed by atoms with Crippen LogP contribution >= 0.6 is 27.5 Å². The lowest BCUT2D eigenvalue weighted by molar-refractivity contribution is 0.190. The Morgan fingerprint density at radius 2 is 2.10 bits per heavy atom. The molecule has 0 saturated heterocycles. The van der Waals surface area contributed by atoms with E-state index in [-0.39, 0.29) is 6.61 Å². The molecule has 0 bridgehead atoms. The maximum absolute atomic E-state index is 9.79. The van der Waals surface area contributed by atoms with Gasteiger partial charge >= 0.3 is 0 Å². The van der Waals surface area contributed by atoms with Crippen molar-refractivity contribution in [1.82, 2.24) is 0 Å². The van der Waals surface area contributed by atoms with Gasteiger partial charge in [-0.2, -0.15) is 5.26 Å². The molecule has 0 aromatic heterocycles. The summed E-state index contributed by atoms with van der Waals surface area (Å²) >= 11 is 9.48.